The summed E-state index contributed by atoms with van der Waals surface area (Å²) < 4.78 is 39.3. The summed E-state index contributed by atoms with van der Waals surface area (Å²) in [4.78, 5) is 0. The van der Waals surface area contributed by atoms with Crippen molar-refractivity contribution in [1.82, 2.24) is 13.1 Å². The van der Waals surface area contributed by atoms with Crippen LogP contribution in [0, 0.1) is 5.41 Å². The molecule has 1 atom stereocenters. The van der Waals surface area contributed by atoms with Crippen molar-refractivity contribution in [2.75, 3.05) is 24.7 Å². The van der Waals surface area contributed by atoms with Gasteiger partial charge in [-0.2, -0.15) is 8.75 Å². The molecule has 9 nitrogen and oxygen atoms in total. The largest absolute Gasteiger partial charge is 0.504 e. The number of hydrogen-bond acceptors (Lipinski definition) is 10. The molecule has 0 bridgehead atoms. The van der Waals surface area contributed by atoms with Crippen LogP contribution in [0.1, 0.15) is 32.4 Å². The van der Waals surface area contributed by atoms with Crippen LogP contribution in [0.4, 0.5) is 17.3 Å². The molecule has 0 saturated heterocycles. The number of nitrogens with zero attached hydrogens (tertiary/aromatic N) is 3. The van der Waals surface area contributed by atoms with Gasteiger partial charge in [0.2, 0.25) is 0 Å². The van der Waals surface area contributed by atoms with E-state index in [1.807, 2.05) is 6.07 Å². The summed E-state index contributed by atoms with van der Waals surface area (Å²) in [5, 5.41) is 18.3. The third kappa shape index (κ3) is 4.39. The molecule has 3 rings (SSSR count). The Morgan fingerprint density at radius 1 is 1.24 bits per heavy atom. The Bertz CT molecular complexity index is 1070. The second-order valence-electron chi connectivity index (χ2n) is 7.66. The highest BCUT2D eigenvalue weighted by Crippen LogP contribution is 2.42. The summed E-state index contributed by atoms with van der Waals surface area (Å²) >= 11 is 1.94. The average molecular weight is 458 g/mol. The van der Waals surface area contributed by atoms with Gasteiger partial charge in [0, 0.05) is 25.0 Å². The quantitative estimate of drug-likeness (QED) is 0.485. The van der Waals surface area contributed by atoms with E-state index in [9.17, 15) is 13.5 Å². The Hall–Kier alpha value is -2.15. The maximum Gasteiger partial charge on any atom is 0.255 e. The first-order valence-corrected chi connectivity index (χ1v) is 11.7. The van der Waals surface area contributed by atoms with E-state index in [0.29, 0.717) is 11.6 Å². The van der Waals surface area contributed by atoms with Crippen LogP contribution in [0.15, 0.2) is 32.6 Å². The molecule has 29 heavy (non-hydrogen) atoms. The molecule has 0 aliphatic carbocycles. The summed E-state index contributed by atoms with van der Waals surface area (Å²) in [5.41, 5.74) is 1.07. The van der Waals surface area contributed by atoms with E-state index < -0.39 is 10.0 Å². The molecule has 3 heterocycles. The van der Waals surface area contributed by atoms with Crippen molar-refractivity contribution < 1.29 is 17.9 Å². The first-order valence-electron chi connectivity index (χ1n) is 8.63. The van der Waals surface area contributed by atoms with E-state index in [4.69, 9.17) is 4.42 Å². The van der Waals surface area contributed by atoms with Crippen LogP contribution in [0.25, 0.3) is 0 Å². The number of aromatic hydroxyl groups is 1. The van der Waals surface area contributed by atoms with Crippen LogP contribution in [0.3, 0.4) is 0 Å². The third-order valence-corrected chi connectivity index (χ3v) is 8.05. The van der Waals surface area contributed by atoms with Crippen molar-refractivity contribution in [3.8, 4) is 5.75 Å². The summed E-state index contributed by atoms with van der Waals surface area (Å²) in [7, 11) is -0.915. The monoisotopic (exact) mass is 457 g/mol. The molecule has 0 amide bonds. The molecule has 0 aromatic carbocycles. The Morgan fingerprint density at radius 3 is 2.52 bits per heavy atom. The number of aromatic nitrogens is 2. The fourth-order valence-corrected chi connectivity index (χ4v) is 5.50. The Balaban J connectivity index is 1.88. The Labute approximate surface area is 177 Å². The van der Waals surface area contributed by atoms with E-state index in [1.54, 1.807) is 12.5 Å². The number of anilines is 3. The maximum atomic E-state index is 12.3. The molecule has 0 aliphatic rings. The van der Waals surface area contributed by atoms with E-state index in [-0.39, 0.29) is 27.1 Å². The van der Waals surface area contributed by atoms with Gasteiger partial charge in [-0.3, -0.25) is 0 Å². The Morgan fingerprint density at radius 2 is 1.93 bits per heavy atom. The van der Waals surface area contributed by atoms with Crippen molar-refractivity contribution in [2.24, 2.45) is 5.41 Å². The molecule has 12 heteroatoms. The average Bonchev–Trinajstić information content (AvgIpc) is 3.35. The minimum Gasteiger partial charge on any atom is -0.504 e. The lowest BCUT2D eigenvalue weighted by molar-refractivity contribution is 0.345. The van der Waals surface area contributed by atoms with Crippen molar-refractivity contribution in [1.29, 1.82) is 0 Å². The summed E-state index contributed by atoms with van der Waals surface area (Å²) in [6, 6.07) is 1.78. The highest BCUT2D eigenvalue weighted by atomic mass is 32.2. The van der Waals surface area contributed by atoms with Gasteiger partial charge in [0.1, 0.15) is 0 Å². The molecule has 0 spiro atoms. The highest BCUT2D eigenvalue weighted by molar-refractivity contribution is 7.91. The number of rotatable bonds is 7. The third-order valence-electron chi connectivity index (χ3n) is 4.21. The second-order valence-corrected chi connectivity index (χ2v) is 11.4. The molecule has 0 unspecified atom stereocenters. The van der Waals surface area contributed by atoms with Gasteiger partial charge in [-0.05, 0) is 11.5 Å². The predicted molar refractivity (Wildman–Crippen MR) is 115 cm³/mol. The number of furan rings is 1. The van der Waals surface area contributed by atoms with E-state index in [2.05, 4.69) is 40.2 Å². The Kier molecular flexibility index (Phi) is 5.90. The summed E-state index contributed by atoms with van der Waals surface area (Å²) in [6.07, 6.45) is 3.29. The number of sulfonamides is 1. The molecular formula is C17H23N5O4S3. The molecule has 0 radical (unpaired) electrons. The first kappa shape index (κ1) is 21.6. The molecular weight excluding hydrogens is 434 g/mol. The molecule has 158 valence electrons. The van der Waals surface area contributed by atoms with E-state index in [1.165, 1.54) is 19.5 Å². The normalized spacial score (nSPS) is 13.6. The highest BCUT2D eigenvalue weighted by Gasteiger charge is 2.30. The lowest BCUT2D eigenvalue weighted by atomic mass is 9.83. The lowest BCUT2D eigenvalue weighted by Gasteiger charge is -2.31. The van der Waals surface area contributed by atoms with Gasteiger partial charge in [0.05, 0.1) is 36.0 Å². The van der Waals surface area contributed by atoms with Crippen molar-refractivity contribution in [3.63, 3.8) is 0 Å². The molecule has 3 aromatic heterocycles. The zero-order valence-electron chi connectivity index (χ0n) is 16.6. The summed E-state index contributed by atoms with van der Waals surface area (Å²) in [5.74, 6) is 0.554. The van der Waals surface area contributed by atoms with Crippen LogP contribution in [-0.2, 0) is 10.0 Å². The van der Waals surface area contributed by atoms with Crippen LogP contribution < -0.4 is 10.6 Å². The summed E-state index contributed by atoms with van der Waals surface area (Å²) in [6.45, 7) is 6.27. The standard InChI is InChI=1S/C17H23N5O4S3/c1-17(2,3)13(10-6-7-26-8-10)19-15-14(20-28-21-15)18-11-9-27-16(12(11)23)29(24,25)22(4)5/h6-9,13,23H,1-5H3,(H,18,20)(H,19,21)/t13-/m0/s1. The number of hydrogen-bond donors (Lipinski definition) is 3. The maximum absolute atomic E-state index is 12.3. The molecule has 0 fully saturated rings. The minimum atomic E-state index is -3.74. The SMILES string of the molecule is CN(C)S(=O)(=O)c1scc(Nc2nsnc2N[C@@H](c2ccoc2)C(C)(C)C)c1O. The van der Waals surface area contributed by atoms with E-state index in [0.717, 1.165) is 32.9 Å². The van der Waals surface area contributed by atoms with Gasteiger partial charge in [-0.15, -0.1) is 11.3 Å². The zero-order chi connectivity index (χ0) is 21.4. The van der Waals surface area contributed by atoms with Crippen LogP contribution >= 0.6 is 23.1 Å². The van der Waals surface area contributed by atoms with Crippen LogP contribution in [-0.4, -0.2) is 40.7 Å². The van der Waals surface area contributed by atoms with Gasteiger partial charge >= 0.3 is 0 Å². The van der Waals surface area contributed by atoms with Crippen LogP contribution in [0.5, 0.6) is 5.75 Å². The van der Waals surface area contributed by atoms with Gasteiger partial charge < -0.3 is 20.2 Å². The molecule has 0 saturated carbocycles. The number of thiophene rings is 1. The van der Waals surface area contributed by atoms with Crippen molar-refractivity contribution in [2.45, 2.75) is 31.0 Å². The van der Waals surface area contributed by atoms with Crippen LogP contribution in [0.2, 0.25) is 0 Å². The molecule has 0 aliphatic heterocycles. The predicted octanol–water partition coefficient (Wildman–Crippen LogP) is 4.09. The van der Waals surface area contributed by atoms with Gasteiger partial charge in [0.25, 0.3) is 10.0 Å². The fourth-order valence-electron chi connectivity index (χ4n) is 2.64. The van der Waals surface area contributed by atoms with Crippen molar-refractivity contribution >= 4 is 50.4 Å². The lowest BCUT2D eigenvalue weighted by Crippen LogP contribution is -2.25. The van der Waals surface area contributed by atoms with Gasteiger partial charge in [-0.25, -0.2) is 12.7 Å². The number of nitrogens with one attached hydrogen (secondary N) is 2. The topological polar surface area (TPSA) is 121 Å². The van der Waals surface area contributed by atoms with E-state index >= 15 is 0 Å². The zero-order valence-corrected chi connectivity index (χ0v) is 19.1. The van der Waals surface area contributed by atoms with Crippen molar-refractivity contribution in [3.05, 3.63) is 29.5 Å². The van der Waals surface area contributed by atoms with Gasteiger partial charge in [0.15, 0.2) is 21.6 Å². The minimum absolute atomic E-state index is 0.105. The smallest absolute Gasteiger partial charge is 0.255 e. The fraction of sp³-hybridized carbons (Fsp3) is 0.412. The second kappa shape index (κ2) is 7.94. The van der Waals surface area contributed by atoms with Gasteiger partial charge in [-0.1, -0.05) is 20.8 Å². The first-order chi connectivity index (χ1) is 13.5. The molecule has 3 aromatic rings. The molecule has 3 N–H and O–H groups in total.